The summed E-state index contributed by atoms with van der Waals surface area (Å²) in [5.74, 6) is 0. The molecule has 0 saturated carbocycles. The molecule has 1 aliphatic heterocycles. The van der Waals surface area contributed by atoms with Crippen molar-refractivity contribution in [3.63, 3.8) is 0 Å². The molecule has 0 amide bonds. The lowest BCUT2D eigenvalue weighted by atomic mass is 10.0. The molecule has 1 unspecified atom stereocenters. The van der Waals surface area contributed by atoms with Gasteiger partial charge in [-0.2, -0.15) is 0 Å². The number of hydrogen-bond donors (Lipinski definition) is 1. The van der Waals surface area contributed by atoms with Crippen molar-refractivity contribution in [1.82, 2.24) is 4.98 Å². The molecular formula is C14H25N3S. The monoisotopic (exact) mass is 267 g/mol. The predicted octanol–water partition coefficient (Wildman–Crippen LogP) is 3.28. The van der Waals surface area contributed by atoms with Gasteiger partial charge in [0.2, 0.25) is 0 Å². The average molecular weight is 267 g/mol. The van der Waals surface area contributed by atoms with Crippen LogP contribution >= 0.6 is 11.3 Å². The third-order valence-corrected chi connectivity index (χ3v) is 5.13. The second-order valence-corrected chi connectivity index (χ2v) is 6.86. The highest BCUT2D eigenvalue weighted by Crippen LogP contribution is 2.35. The average Bonchev–Trinajstić information content (AvgIpc) is 2.73. The van der Waals surface area contributed by atoms with Crippen molar-refractivity contribution < 1.29 is 0 Å². The van der Waals surface area contributed by atoms with E-state index in [1.165, 1.54) is 35.0 Å². The molecule has 4 heteroatoms. The molecule has 1 aliphatic rings. The van der Waals surface area contributed by atoms with Gasteiger partial charge >= 0.3 is 0 Å². The van der Waals surface area contributed by atoms with Crippen molar-refractivity contribution in [3.05, 3.63) is 10.6 Å². The number of thiazole rings is 1. The van der Waals surface area contributed by atoms with Crippen LogP contribution in [0.4, 0.5) is 5.13 Å². The lowest BCUT2D eigenvalue weighted by Crippen LogP contribution is -2.37. The van der Waals surface area contributed by atoms with E-state index in [1.54, 1.807) is 11.3 Å². The Morgan fingerprint density at radius 3 is 2.67 bits per heavy atom. The molecule has 0 spiro atoms. The van der Waals surface area contributed by atoms with E-state index in [9.17, 15) is 0 Å². The third kappa shape index (κ3) is 2.69. The van der Waals surface area contributed by atoms with E-state index in [0.29, 0.717) is 6.04 Å². The second-order valence-electron chi connectivity index (χ2n) is 5.89. The fraction of sp³-hybridized carbons (Fsp3) is 0.786. The zero-order chi connectivity index (χ0) is 13.3. The lowest BCUT2D eigenvalue weighted by molar-refractivity contribution is 0.484. The van der Waals surface area contributed by atoms with Gasteiger partial charge in [-0.15, -0.1) is 0 Å². The number of anilines is 1. The van der Waals surface area contributed by atoms with Crippen LogP contribution in [-0.2, 0) is 12.0 Å². The topological polar surface area (TPSA) is 42.2 Å². The minimum absolute atomic E-state index is 0.277. The SMILES string of the molecule is CCc1nc(N2CCCCC2C)sc1C(C)(C)N. The molecule has 102 valence electrons. The van der Waals surface area contributed by atoms with Crippen molar-refractivity contribution in [2.24, 2.45) is 5.73 Å². The molecule has 0 bridgehead atoms. The van der Waals surface area contributed by atoms with Crippen molar-refractivity contribution >= 4 is 16.5 Å². The molecule has 2 rings (SSSR count). The molecule has 0 radical (unpaired) electrons. The first-order chi connectivity index (χ1) is 8.43. The zero-order valence-corrected chi connectivity index (χ0v) is 12.8. The number of nitrogens with zero attached hydrogens (tertiary/aromatic N) is 2. The number of piperidine rings is 1. The Morgan fingerprint density at radius 2 is 2.17 bits per heavy atom. The van der Waals surface area contributed by atoms with Crippen LogP contribution < -0.4 is 10.6 Å². The first-order valence-corrected chi connectivity index (χ1v) is 7.80. The van der Waals surface area contributed by atoms with Crippen LogP contribution in [0.3, 0.4) is 0 Å². The minimum Gasteiger partial charge on any atom is -0.345 e. The number of aryl methyl sites for hydroxylation is 1. The number of rotatable bonds is 3. The minimum atomic E-state index is -0.277. The summed E-state index contributed by atoms with van der Waals surface area (Å²) in [6.45, 7) is 9.75. The predicted molar refractivity (Wildman–Crippen MR) is 79.4 cm³/mol. The van der Waals surface area contributed by atoms with Gasteiger partial charge in [-0.1, -0.05) is 18.3 Å². The summed E-state index contributed by atoms with van der Waals surface area (Å²) >= 11 is 1.79. The maximum absolute atomic E-state index is 6.26. The lowest BCUT2D eigenvalue weighted by Gasteiger charge is -2.33. The quantitative estimate of drug-likeness (QED) is 0.914. The van der Waals surface area contributed by atoms with E-state index >= 15 is 0 Å². The number of aromatic nitrogens is 1. The summed E-state index contributed by atoms with van der Waals surface area (Å²) in [6, 6.07) is 0.614. The van der Waals surface area contributed by atoms with Gasteiger partial charge in [-0.05, 0) is 46.5 Å². The molecule has 1 atom stereocenters. The highest BCUT2D eigenvalue weighted by molar-refractivity contribution is 7.15. The van der Waals surface area contributed by atoms with Gasteiger partial charge in [0.05, 0.1) is 5.69 Å². The molecule has 1 fully saturated rings. The van der Waals surface area contributed by atoms with Crippen molar-refractivity contribution in [2.75, 3.05) is 11.4 Å². The van der Waals surface area contributed by atoms with Gasteiger partial charge in [0.15, 0.2) is 5.13 Å². The fourth-order valence-electron chi connectivity index (χ4n) is 2.59. The molecule has 3 nitrogen and oxygen atoms in total. The van der Waals surface area contributed by atoms with Gasteiger partial charge in [0.25, 0.3) is 0 Å². The van der Waals surface area contributed by atoms with Crippen LogP contribution in [0.5, 0.6) is 0 Å². The fourth-order valence-corrected chi connectivity index (χ4v) is 3.89. The van der Waals surface area contributed by atoms with Crippen LogP contribution in [0, 0.1) is 0 Å². The molecule has 0 aromatic carbocycles. The standard InChI is InChI=1S/C14H25N3S/c1-5-11-12(14(3,4)15)18-13(16-11)17-9-7-6-8-10(17)2/h10H,5-9,15H2,1-4H3. The largest absolute Gasteiger partial charge is 0.345 e. The molecule has 1 aromatic rings. The molecule has 1 aromatic heterocycles. The van der Waals surface area contributed by atoms with E-state index in [2.05, 4.69) is 32.6 Å². The Kier molecular flexibility index (Phi) is 3.97. The van der Waals surface area contributed by atoms with Gasteiger partial charge in [-0.25, -0.2) is 4.98 Å². The second kappa shape index (κ2) is 5.17. The molecular weight excluding hydrogens is 242 g/mol. The summed E-state index contributed by atoms with van der Waals surface area (Å²) in [5.41, 5.74) is 7.17. The molecule has 2 heterocycles. The van der Waals surface area contributed by atoms with E-state index in [4.69, 9.17) is 10.7 Å². The van der Waals surface area contributed by atoms with Crippen LogP contribution in [0.15, 0.2) is 0 Å². The Labute approximate surface area is 114 Å². The molecule has 0 aliphatic carbocycles. The third-order valence-electron chi connectivity index (χ3n) is 3.65. The van der Waals surface area contributed by atoms with E-state index < -0.39 is 0 Å². The molecule has 1 saturated heterocycles. The summed E-state index contributed by atoms with van der Waals surface area (Å²) in [5, 5.41) is 1.17. The van der Waals surface area contributed by atoms with Gasteiger partial charge in [-0.3, -0.25) is 0 Å². The summed E-state index contributed by atoms with van der Waals surface area (Å²) in [4.78, 5) is 8.54. The molecule has 2 N–H and O–H groups in total. The van der Waals surface area contributed by atoms with E-state index in [0.717, 1.165) is 13.0 Å². The van der Waals surface area contributed by atoms with Crippen LogP contribution in [-0.4, -0.2) is 17.6 Å². The summed E-state index contributed by atoms with van der Waals surface area (Å²) in [7, 11) is 0. The van der Waals surface area contributed by atoms with Crippen LogP contribution in [0.25, 0.3) is 0 Å². The smallest absolute Gasteiger partial charge is 0.186 e. The Balaban J connectivity index is 2.31. The highest BCUT2D eigenvalue weighted by Gasteiger charge is 2.27. The number of nitrogens with two attached hydrogens (primary N) is 1. The van der Waals surface area contributed by atoms with Crippen molar-refractivity contribution in [1.29, 1.82) is 0 Å². The van der Waals surface area contributed by atoms with Gasteiger partial charge in [0, 0.05) is 23.0 Å². The van der Waals surface area contributed by atoms with Gasteiger partial charge in [0.1, 0.15) is 0 Å². The number of hydrogen-bond acceptors (Lipinski definition) is 4. The van der Waals surface area contributed by atoms with Crippen molar-refractivity contribution in [3.8, 4) is 0 Å². The highest BCUT2D eigenvalue weighted by atomic mass is 32.1. The summed E-state index contributed by atoms with van der Waals surface area (Å²) in [6.07, 6.45) is 4.88. The maximum atomic E-state index is 6.26. The first-order valence-electron chi connectivity index (χ1n) is 6.99. The van der Waals surface area contributed by atoms with Crippen molar-refractivity contribution in [2.45, 2.75) is 65.0 Å². The Bertz CT molecular complexity index is 406. The summed E-state index contributed by atoms with van der Waals surface area (Å²) < 4.78 is 0. The first kappa shape index (κ1) is 13.8. The van der Waals surface area contributed by atoms with Gasteiger partial charge < -0.3 is 10.6 Å². The van der Waals surface area contributed by atoms with E-state index in [-0.39, 0.29) is 5.54 Å². The Hall–Kier alpha value is -0.610. The molecule has 18 heavy (non-hydrogen) atoms. The van der Waals surface area contributed by atoms with Crippen LogP contribution in [0.2, 0.25) is 0 Å². The zero-order valence-electron chi connectivity index (χ0n) is 12.0. The van der Waals surface area contributed by atoms with Crippen LogP contribution in [0.1, 0.15) is 57.5 Å². The maximum Gasteiger partial charge on any atom is 0.186 e. The van der Waals surface area contributed by atoms with E-state index in [1.807, 2.05) is 0 Å². The normalized spacial score (nSPS) is 21.4. The Morgan fingerprint density at radius 1 is 1.44 bits per heavy atom.